The fourth-order valence-electron chi connectivity index (χ4n) is 5.82. The van der Waals surface area contributed by atoms with E-state index in [-0.39, 0.29) is 23.3 Å². The number of carbonyl (C=O) groups excluding carboxylic acids is 1. The third-order valence-corrected chi connectivity index (χ3v) is 8.31. The van der Waals surface area contributed by atoms with Crippen molar-refractivity contribution < 1.29 is 23.4 Å². The lowest BCUT2D eigenvalue weighted by molar-refractivity contribution is -0.0829. The average molecular weight is 617 g/mol. The predicted molar refractivity (Wildman–Crippen MR) is 163 cm³/mol. The number of halogens is 2. The number of nitrogens with zero attached hydrogens (tertiary/aromatic N) is 4. The molecule has 0 amide bonds. The van der Waals surface area contributed by atoms with E-state index in [0.29, 0.717) is 41.8 Å². The van der Waals surface area contributed by atoms with Gasteiger partial charge >= 0.3 is 5.97 Å². The molecule has 0 spiro atoms. The molecule has 1 saturated heterocycles. The number of imidazole rings is 1. The Bertz CT molecular complexity index is 1750. The molecule has 3 heterocycles. The van der Waals surface area contributed by atoms with Gasteiger partial charge in [0.2, 0.25) is 0 Å². The number of carbonyl (C=O) groups is 1. The monoisotopic (exact) mass is 616 g/mol. The lowest BCUT2D eigenvalue weighted by Crippen LogP contribution is -2.37. The van der Waals surface area contributed by atoms with Crippen molar-refractivity contribution in [1.82, 2.24) is 14.5 Å². The van der Waals surface area contributed by atoms with Crippen LogP contribution in [0.2, 0.25) is 5.02 Å². The molecule has 2 aliphatic heterocycles. The van der Waals surface area contributed by atoms with E-state index in [4.69, 9.17) is 31.1 Å². The first-order valence-electron chi connectivity index (χ1n) is 14.7. The smallest absolute Gasteiger partial charge is 0.340 e. The predicted octanol–water partition coefficient (Wildman–Crippen LogP) is 6.72. The van der Waals surface area contributed by atoms with Gasteiger partial charge in [0.15, 0.2) is 0 Å². The largest absolute Gasteiger partial charge is 0.456 e. The van der Waals surface area contributed by atoms with Gasteiger partial charge in [-0.3, -0.25) is 4.90 Å². The topological polar surface area (TPSA) is 89.6 Å². The maximum Gasteiger partial charge on any atom is 0.340 e. The Kier molecular flexibility index (Phi) is 8.44. The first-order valence-corrected chi connectivity index (χ1v) is 15.1. The molecule has 228 valence electrons. The summed E-state index contributed by atoms with van der Waals surface area (Å²) in [6, 6.07) is 16.1. The van der Waals surface area contributed by atoms with Crippen molar-refractivity contribution in [3.63, 3.8) is 0 Å². The fraction of sp³-hybridized carbons (Fsp3) is 0.382. The Labute approximate surface area is 260 Å². The third kappa shape index (κ3) is 6.21. The molecule has 44 heavy (non-hydrogen) atoms. The molecule has 6 rings (SSSR count). The second-order valence-electron chi connectivity index (χ2n) is 12.3. The number of benzene rings is 3. The minimum Gasteiger partial charge on any atom is -0.456 e. The molecular formula is C34H34ClFN4O4. The summed E-state index contributed by atoms with van der Waals surface area (Å²) in [6.07, 6.45) is 3.01. The Morgan fingerprint density at radius 1 is 1.23 bits per heavy atom. The molecule has 0 aliphatic carbocycles. The van der Waals surface area contributed by atoms with Crippen LogP contribution in [0.25, 0.3) is 11.0 Å². The number of hydrogen-bond acceptors (Lipinski definition) is 7. The normalized spacial score (nSPS) is 18.5. The summed E-state index contributed by atoms with van der Waals surface area (Å²) in [6.45, 7) is 7.71. The van der Waals surface area contributed by atoms with Gasteiger partial charge in [-0.15, -0.1) is 0 Å². The van der Waals surface area contributed by atoms with Gasteiger partial charge in [0, 0.05) is 30.8 Å². The summed E-state index contributed by atoms with van der Waals surface area (Å²) < 4.78 is 34.9. The lowest BCUT2D eigenvalue weighted by atomic mass is 9.96. The highest BCUT2D eigenvalue weighted by molar-refractivity contribution is 6.34. The summed E-state index contributed by atoms with van der Waals surface area (Å²) in [5.41, 5.74) is 4.44. The van der Waals surface area contributed by atoms with Crippen molar-refractivity contribution in [1.29, 1.82) is 5.26 Å². The fourth-order valence-corrected chi connectivity index (χ4v) is 6.11. The molecular weight excluding hydrogens is 583 g/mol. The van der Waals surface area contributed by atoms with Gasteiger partial charge in [-0.1, -0.05) is 41.9 Å². The highest BCUT2D eigenvalue weighted by atomic mass is 35.5. The van der Waals surface area contributed by atoms with Gasteiger partial charge in [-0.2, -0.15) is 5.26 Å². The molecule has 8 nitrogen and oxygen atoms in total. The Hall–Kier alpha value is -3.81. The maximum absolute atomic E-state index is 14.8. The highest BCUT2D eigenvalue weighted by Gasteiger charge is 2.33. The number of hydrogen-bond donors (Lipinski definition) is 0. The van der Waals surface area contributed by atoms with E-state index in [1.807, 2.05) is 49.6 Å². The minimum atomic E-state index is -0.729. The van der Waals surface area contributed by atoms with Crippen LogP contribution >= 0.6 is 11.6 Å². The number of esters is 1. The zero-order valence-corrected chi connectivity index (χ0v) is 25.7. The number of aromatic nitrogens is 2. The molecule has 0 bridgehead atoms. The first-order chi connectivity index (χ1) is 21.1. The van der Waals surface area contributed by atoms with Crippen LogP contribution in [0.5, 0.6) is 0 Å². The average Bonchev–Trinajstić information content (AvgIpc) is 3.36. The summed E-state index contributed by atoms with van der Waals surface area (Å²) in [4.78, 5) is 20.5. The zero-order valence-electron chi connectivity index (χ0n) is 25.0. The van der Waals surface area contributed by atoms with Crippen molar-refractivity contribution in [2.75, 3.05) is 13.2 Å². The molecule has 2 atom stereocenters. The van der Waals surface area contributed by atoms with Crippen molar-refractivity contribution in [2.45, 2.75) is 71.2 Å². The van der Waals surface area contributed by atoms with E-state index in [1.165, 1.54) is 6.07 Å². The molecule has 4 aromatic rings. The van der Waals surface area contributed by atoms with Crippen LogP contribution in [0.15, 0.2) is 54.9 Å². The molecule has 1 fully saturated rings. The van der Waals surface area contributed by atoms with Crippen LogP contribution in [-0.2, 0) is 40.3 Å². The van der Waals surface area contributed by atoms with Gasteiger partial charge in [-0.25, -0.2) is 14.2 Å². The van der Waals surface area contributed by atoms with Gasteiger partial charge in [0.1, 0.15) is 17.6 Å². The standard InChI is InChI=1S/C34H34ClFN4O4/c1-34(2,3)44-33(41)30-26(31-29(15-27(30)35)38-20-40(31)17-24-11-13-42-24)18-39-12-10-22-6-4-5-7-25(22)32(39)43-19-23-9-8-21(16-37)14-28(23)36/h4-9,14-15,20,24,32H,10-13,17-19H2,1-3H3. The molecule has 2 unspecified atom stereocenters. The van der Waals surface area contributed by atoms with E-state index < -0.39 is 23.6 Å². The molecule has 0 radical (unpaired) electrons. The molecule has 3 aromatic carbocycles. The minimum absolute atomic E-state index is 0.00608. The third-order valence-electron chi connectivity index (χ3n) is 8.01. The molecule has 0 N–H and O–H groups in total. The van der Waals surface area contributed by atoms with Crippen molar-refractivity contribution in [3.8, 4) is 6.07 Å². The van der Waals surface area contributed by atoms with Crippen LogP contribution in [0.1, 0.15) is 71.6 Å². The molecule has 1 aromatic heterocycles. The second-order valence-corrected chi connectivity index (χ2v) is 12.7. The Balaban J connectivity index is 1.41. The molecule has 10 heteroatoms. The first kappa shape index (κ1) is 30.2. The van der Waals surface area contributed by atoms with Crippen LogP contribution < -0.4 is 0 Å². The van der Waals surface area contributed by atoms with E-state index in [2.05, 4.69) is 16.0 Å². The van der Waals surface area contributed by atoms with Crippen LogP contribution in [0, 0.1) is 17.1 Å². The van der Waals surface area contributed by atoms with Crippen molar-refractivity contribution >= 4 is 28.6 Å². The van der Waals surface area contributed by atoms with Crippen molar-refractivity contribution in [3.05, 3.63) is 99.1 Å². The Morgan fingerprint density at radius 3 is 2.73 bits per heavy atom. The van der Waals surface area contributed by atoms with Gasteiger partial charge in [0.05, 0.1) is 58.8 Å². The van der Waals surface area contributed by atoms with Gasteiger partial charge in [-0.05, 0) is 62.9 Å². The van der Waals surface area contributed by atoms with Crippen molar-refractivity contribution in [2.24, 2.45) is 0 Å². The van der Waals surface area contributed by atoms with Crippen LogP contribution in [0.4, 0.5) is 4.39 Å². The number of fused-ring (bicyclic) bond motifs is 2. The number of rotatable bonds is 8. The highest BCUT2D eigenvalue weighted by Crippen LogP contribution is 2.37. The SMILES string of the molecule is CC(C)(C)OC(=O)c1c(Cl)cc2ncn(CC3CCO3)c2c1CN1CCc2ccccc2C1OCc1ccc(C#N)cc1F. The molecule has 2 aliphatic rings. The summed E-state index contributed by atoms with van der Waals surface area (Å²) in [5, 5.41) is 9.41. The maximum atomic E-state index is 14.8. The van der Waals surface area contributed by atoms with Gasteiger partial charge < -0.3 is 18.8 Å². The summed E-state index contributed by atoms with van der Waals surface area (Å²) in [5.74, 6) is -1.01. The van der Waals surface area contributed by atoms with E-state index in [1.54, 1.807) is 24.5 Å². The quantitative estimate of drug-likeness (QED) is 0.203. The summed E-state index contributed by atoms with van der Waals surface area (Å²) >= 11 is 6.81. The second kappa shape index (κ2) is 12.3. The van der Waals surface area contributed by atoms with Crippen LogP contribution in [0.3, 0.4) is 0 Å². The lowest BCUT2D eigenvalue weighted by Gasteiger charge is -2.37. The zero-order chi connectivity index (χ0) is 31.0. The van der Waals surface area contributed by atoms with E-state index in [9.17, 15) is 9.18 Å². The summed E-state index contributed by atoms with van der Waals surface area (Å²) in [7, 11) is 0. The van der Waals surface area contributed by atoms with Crippen LogP contribution in [-0.4, -0.2) is 45.3 Å². The van der Waals surface area contributed by atoms with Gasteiger partial charge in [0.25, 0.3) is 0 Å². The molecule has 0 saturated carbocycles. The van der Waals surface area contributed by atoms with E-state index in [0.717, 1.165) is 36.1 Å². The number of ether oxygens (including phenoxy) is 3. The Morgan fingerprint density at radius 2 is 2.02 bits per heavy atom. The van der Waals surface area contributed by atoms with E-state index >= 15 is 0 Å². The number of nitriles is 1.